The predicted octanol–water partition coefficient (Wildman–Crippen LogP) is 5.47. The number of hydrogen-bond donors (Lipinski definition) is 0. The number of nitrogens with zero attached hydrogens (tertiary/aromatic N) is 2. The fourth-order valence-electron chi connectivity index (χ4n) is 3.94. The number of carbonyl (C=O) groups excluding carboxylic acids is 1. The van der Waals surface area contributed by atoms with E-state index < -0.39 is 0 Å². The van der Waals surface area contributed by atoms with Crippen LogP contribution in [-0.4, -0.2) is 50.8 Å². The summed E-state index contributed by atoms with van der Waals surface area (Å²) in [7, 11) is 1.59. The molecule has 1 aliphatic rings. The van der Waals surface area contributed by atoms with Crippen LogP contribution in [0.4, 0.5) is 5.69 Å². The van der Waals surface area contributed by atoms with Crippen molar-refractivity contribution in [2.45, 2.75) is 13.5 Å². The smallest absolute Gasteiger partial charge is 0.342 e. The number of ether oxygens (including phenoxy) is 2. The molecule has 1 saturated heterocycles. The highest BCUT2D eigenvalue weighted by molar-refractivity contribution is 9.11. The van der Waals surface area contributed by atoms with Gasteiger partial charge < -0.3 is 18.8 Å². The molecule has 0 atom stereocenters. The van der Waals surface area contributed by atoms with Crippen LogP contribution >= 0.6 is 31.9 Å². The minimum atomic E-state index is -0.385. The first-order valence-corrected chi connectivity index (χ1v) is 11.8. The maximum absolute atomic E-state index is 12.9. The van der Waals surface area contributed by atoms with Crippen LogP contribution in [0.2, 0.25) is 0 Å². The van der Waals surface area contributed by atoms with Crippen molar-refractivity contribution in [3.63, 3.8) is 0 Å². The summed E-state index contributed by atoms with van der Waals surface area (Å²) in [5.41, 5.74) is 2.31. The summed E-state index contributed by atoms with van der Waals surface area (Å²) in [6.07, 6.45) is 0. The molecule has 3 aromatic rings. The van der Waals surface area contributed by atoms with Crippen molar-refractivity contribution in [2.75, 3.05) is 44.8 Å². The van der Waals surface area contributed by atoms with Crippen molar-refractivity contribution < 1.29 is 18.7 Å². The lowest BCUT2D eigenvalue weighted by molar-refractivity contribution is 0.0524. The second-order valence-corrected chi connectivity index (χ2v) is 8.95. The second-order valence-electron chi connectivity index (χ2n) is 7.30. The zero-order valence-corrected chi connectivity index (χ0v) is 20.7. The largest absolute Gasteiger partial charge is 0.494 e. The Morgan fingerprint density at radius 3 is 2.48 bits per heavy atom. The average molecular weight is 552 g/mol. The fraction of sp³-hybridized carbons (Fsp3) is 0.348. The molecule has 8 heteroatoms. The molecular formula is C23H24Br2N2O4. The molecular weight excluding hydrogens is 528 g/mol. The number of esters is 1. The van der Waals surface area contributed by atoms with Crippen molar-refractivity contribution in [3.8, 4) is 5.75 Å². The number of benzene rings is 2. The van der Waals surface area contributed by atoms with E-state index in [1.54, 1.807) is 14.0 Å². The Labute approximate surface area is 198 Å². The second kappa shape index (κ2) is 9.63. The van der Waals surface area contributed by atoms with Gasteiger partial charge in [-0.3, -0.25) is 4.90 Å². The van der Waals surface area contributed by atoms with Gasteiger partial charge in [-0.1, -0.05) is 18.2 Å². The monoisotopic (exact) mass is 550 g/mol. The molecule has 0 radical (unpaired) electrons. The van der Waals surface area contributed by atoms with Crippen molar-refractivity contribution in [3.05, 3.63) is 56.7 Å². The van der Waals surface area contributed by atoms with Crippen LogP contribution in [0.1, 0.15) is 23.0 Å². The van der Waals surface area contributed by atoms with E-state index in [-0.39, 0.29) is 5.97 Å². The lowest BCUT2D eigenvalue weighted by Gasteiger charge is -2.35. The van der Waals surface area contributed by atoms with Gasteiger partial charge in [0.05, 0.1) is 34.6 Å². The molecule has 0 saturated carbocycles. The summed E-state index contributed by atoms with van der Waals surface area (Å²) in [5, 5.41) is 0.677. The molecule has 164 valence electrons. The first kappa shape index (κ1) is 22.2. The molecule has 0 bridgehead atoms. The molecule has 0 spiro atoms. The third-order valence-electron chi connectivity index (χ3n) is 5.45. The van der Waals surface area contributed by atoms with E-state index in [1.807, 2.05) is 12.1 Å². The Bertz CT molecular complexity index is 1080. The Kier molecular flexibility index (Phi) is 6.89. The average Bonchev–Trinajstić information content (AvgIpc) is 3.13. The van der Waals surface area contributed by atoms with Crippen molar-refractivity contribution >= 4 is 54.5 Å². The highest BCUT2D eigenvalue weighted by atomic mass is 79.9. The van der Waals surface area contributed by atoms with Crippen LogP contribution < -0.4 is 9.64 Å². The first-order valence-electron chi connectivity index (χ1n) is 10.2. The van der Waals surface area contributed by atoms with Crippen LogP contribution in [-0.2, 0) is 11.3 Å². The number of para-hydroxylation sites is 1. The van der Waals surface area contributed by atoms with E-state index in [4.69, 9.17) is 13.9 Å². The van der Waals surface area contributed by atoms with Gasteiger partial charge in [0.25, 0.3) is 0 Å². The predicted molar refractivity (Wildman–Crippen MR) is 128 cm³/mol. The van der Waals surface area contributed by atoms with Gasteiger partial charge in [-0.05, 0) is 57.0 Å². The highest BCUT2D eigenvalue weighted by Crippen LogP contribution is 2.43. The number of rotatable bonds is 6. The normalized spacial score (nSPS) is 14.8. The van der Waals surface area contributed by atoms with Crippen molar-refractivity contribution in [1.82, 2.24) is 4.90 Å². The molecule has 31 heavy (non-hydrogen) atoms. The number of hydrogen-bond acceptors (Lipinski definition) is 6. The lowest BCUT2D eigenvalue weighted by atomic mass is 10.1. The maximum atomic E-state index is 12.9. The topological polar surface area (TPSA) is 55.2 Å². The van der Waals surface area contributed by atoms with Crippen LogP contribution in [0, 0.1) is 0 Å². The summed E-state index contributed by atoms with van der Waals surface area (Å²) in [6, 6.07) is 12.3. The number of piperazine rings is 1. The first-order chi connectivity index (χ1) is 15.0. The van der Waals surface area contributed by atoms with Crippen LogP contribution in [0.3, 0.4) is 0 Å². The zero-order valence-electron chi connectivity index (χ0n) is 17.5. The zero-order chi connectivity index (χ0) is 22.0. The molecule has 0 unspecified atom stereocenters. The summed E-state index contributed by atoms with van der Waals surface area (Å²) in [4.78, 5) is 17.6. The van der Waals surface area contributed by atoms with E-state index >= 15 is 0 Å². The number of furan rings is 1. The van der Waals surface area contributed by atoms with Crippen LogP contribution in [0.25, 0.3) is 11.0 Å². The summed E-state index contributed by atoms with van der Waals surface area (Å²) >= 11 is 7.10. The number of carbonyl (C=O) groups is 1. The number of methoxy groups -OCH3 is 1. The van der Waals surface area contributed by atoms with Gasteiger partial charge in [-0.2, -0.15) is 0 Å². The van der Waals surface area contributed by atoms with Gasteiger partial charge >= 0.3 is 5.97 Å². The molecule has 1 aliphatic heterocycles. The van der Waals surface area contributed by atoms with Crippen molar-refractivity contribution in [2.24, 2.45) is 0 Å². The minimum Gasteiger partial charge on any atom is -0.494 e. The van der Waals surface area contributed by atoms with Crippen LogP contribution in [0.15, 0.2) is 49.8 Å². The molecule has 1 fully saturated rings. The van der Waals surface area contributed by atoms with E-state index in [0.29, 0.717) is 45.7 Å². The summed E-state index contributed by atoms with van der Waals surface area (Å²) in [6.45, 7) is 6.23. The SMILES string of the molecule is CCOC(=O)c1c(CN2CCN(c3ccccc3)CC2)oc2cc(Br)c(OC)c(Br)c12. The molecule has 0 amide bonds. The minimum absolute atomic E-state index is 0.298. The van der Waals surface area contributed by atoms with E-state index in [9.17, 15) is 4.79 Å². The summed E-state index contributed by atoms with van der Waals surface area (Å²) < 4.78 is 18.4. The number of fused-ring (bicyclic) bond motifs is 1. The van der Waals surface area contributed by atoms with E-state index in [0.717, 1.165) is 30.7 Å². The van der Waals surface area contributed by atoms with E-state index in [1.165, 1.54) is 5.69 Å². The Hall–Kier alpha value is -2.03. The molecule has 0 aliphatic carbocycles. The molecule has 2 heterocycles. The molecule has 4 rings (SSSR count). The summed E-state index contributed by atoms with van der Waals surface area (Å²) in [5.74, 6) is 0.841. The molecule has 0 N–H and O–H groups in total. The Balaban J connectivity index is 1.62. The van der Waals surface area contributed by atoms with Crippen LogP contribution in [0.5, 0.6) is 5.75 Å². The maximum Gasteiger partial charge on any atom is 0.342 e. The van der Waals surface area contributed by atoms with Gasteiger partial charge in [-0.25, -0.2) is 4.79 Å². The van der Waals surface area contributed by atoms with Gasteiger partial charge in [0.1, 0.15) is 22.7 Å². The van der Waals surface area contributed by atoms with Gasteiger partial charge in [0.2, 0.25) is 0 Å². The van der Waals surface area contributed by atoms with Gasteiger partial charge in [0.15, 0.2) is 0 Å². The highest BCUT2D eigenvalue weighted by Gasteiger charge is 2.28. The standard InChI is InChI=1S/C23H24Br2N2O4/c1-3-30-23(28)20-18(31-17-13-16(24)22(29-2)21(25)19(17)20)14-26-9-11-27(12-10-26)15-7-5-4-6-8-15/h4-8,13H,3,9-12,14H2,1-2H3. The van der Waals surface area contributed by atoms with Gasteiger partial charge in [0, 0.05) is 31.9 Å². The number of anilines is 1. The van der Waals surface area contributed by atoms with E-state index in [2.05, 4.69) is 65.9 Å². The molecule has 6 nitrogen and oxygen atoms in total. The Morgan fingerprint density at radius 1 is 1.13 bits per heavy atom. The molecule has 1 aromatic heterocycles. The lowest BCUT2D eigenvalue weighted by Crippen LogP contribution is -2.46. The van der Waals surface area contributed by atoms with Gasteiger partial charge in [-0.15, -0.1) is 0 Å². The number of halogens is 2. The third-order valence-corrected chi connectivity index (χ3v) is 6.79. The third kappa shape index (κ3) is 4.47. The molecule has 2 aromatic carbocycles. The van der Waals surface area contributed by atoms with Crippen molar-refractivity contribution in [1.29, 1.82) is 0 Å². The quantitative estimate of drug-likeness (QED) is 0.379. The Morgan fingerprint density at radius 2 is 1.84 bits per heavy atom. The fourth-order valence-corrected chi connectivity index (χ4v) is 5.54.